The summed E-state index contributed by atoms with van der Waals surface area (Å²) in [4.78, 5) is 40.0. The standard InChI is InChI=1S/C24H27N3O6S/c1-18(28)25-12-14-26(15-13-25)34(31,32)21-9-4-7-20(16-21)24(30)33-17-23(29)27-11-5-8-19-6-2-3-10-22(19)27/h2-4,6-7,9-10,16H,5,8,11-15,17H2,1H3. The van der Waals surface area contributed by atoms with E-state index in [1.807, 2.05) is 24.3 Å². The Bertz CT molecular complexity index is 1200. The molecule has 2 heterocycles. The van der Waals surface area contributed by atoms with Gasteiger partial charge in [0.25, 0.3) is 5.91 Å². The van der Waals surface area contributed by atoms with Gasteiger partial charge in [-0.1, -0.05) is 24.3 Å². The van der Waals surface area contributed by atoms with Crippen LogP contribution < -0.4 is 4.90 Å². The van der Waals surface area contributed by atoms with Crippen molar-refractivity contribution in [3.8, 4) is 0 Å². The Morgan fingerprint density at radius 2 is 1.68 bits per heavy atom. The van der Waals surface area contributed by atoms with E-state index in [4.69, 9.17) is 4.74 Å². The van der Waals surface area contributed by atoms with Gasteiger partial charge in [0.15, 0.2) is 6.61 Å². The van der Waals surface area contributed by atoms with Gasteiger partial charge >= 0.3 is 5.97 Å². The van der Waals surface area contributed by atoms with Crippen molar-refractivity contribution in [2.45, 2.75) is 24.7 Å². The monoisotopic (exact) mass is 485 g/mol. The van der Waals surface area contributed by atoms with Gasteiger partial charge in [0, 0.05) is 45.3 Å². The summed E-state index contributed by atoms with van der Waals surface area (Å²) in [6.07, 6.45) is 1.72. The molecule has 2 amide bonds. The van der Waals surface area contributed by atoms with E-state index in [-0.39, 0.29) is 35.4 Å². The number of para-hydroxylation sites is 1. The Balaban J connectivity index is 1.40. The van der Waals surface area contributed by atoms with Gasteiger partial charge in [-0.3, -0.25) is 9.59 Å². The Morgan fingerprint density at radius 1 is 0.941 bits per heavy atom. The molecule has 2 aliphatic rings. The number of ether oxygens (including phenoxy) is 1. The molecular weight excluding hydrogens is 458 g/mol. The minimum atomic E-state index is -3.84. The zero-order valence-electron chi connectivity index (χ0n) is 19.0. The second kappa shape index (κ2) is 9.94. The summed E-state index contributed by atoms with van der Waals surface area (Å²) < 4.78 is 32.6. The molecule has 0 radical (unpaired) electrons. The van der Waals surface area contributed by atoms with Crippen LogP contribution in [0.5, 0.6) is 0 Å². The fourth-order valence-corrected chi connectivity index (χ4v) is 5.73. The summed E-state index contributed by atoms with van der Waals surface area (Å²) in [6.45, 7) is 2.57. The molecule has 0 unspecified atom stereocenters. The van der Waals surface area contributed by atoms with Gasteiger partial charge in [-0.2, -0.15) is 4.31 Å². The van der Waals surface area contributed by atoms with Gasteiger partial charge in [0.05, 0.1) is 10.5 Å². The van der Waals surface area contributed by atoms with Crippen molar-refractivity contribution in [3.05, 3.63) is 59.7 Å². The molecule has 9 nitrogen and oxygen atoms in total. The van der Waals surface area contributed by atoms with Crippen molar-refractivity contribution in [2.75, 3.05) is 44.2 Å². The molecule has 0 atom stereocenters. The quantitative estimate of drug-likeness (QED) is 0.597. The summed E-state index contributed by atoms with van der Waals surface area (Å²) >= 11 is 0. The van der Waals surface area contributed by atoms with Crippen molar-refractivity contribution < 1.29 is 27.5 Å². The topological polar surface area (TPSA) is 104 Å². The van der Waals surface area contributed by atoms with Crippen LogP contribution in [-0.4, -0.2) is 74.7 Å². The van der Waals surface area contributed by atoms with Crippen LogP contribution in [0.1, 0.15) is 29.3 Å². The zero-order chi connectivity index (χ0) is 24.3. The molecule has 2 aromatic carbocycles. The first kappa shape index (κ1) is 23.9. The third-order valence-corrected chi connectivity index (χ3v) is 8.02. The molecule has 4 rings (SSSR count). The average molecular weight is 486 g/mol. The number of hydrogen-bond donors (Lipinski definition) is 0. The lowest BCUT2D eigenvalue weighted by Gasteiger charge is -2.33. The molecule has 34 heavy (non-hydrogen) atoms. The molecule has 1 saturated heterocycles. The van der Waals surface area contributed by atoms with Crippen LogP contribution in [-0.2, 0) is 30.8 Å². The van der Waals surface area contributed by atoms with E-state index < -0.39 is 22.6 Å². The first-order valence-electron chi connectivity index (χ1n) is 11.2. The van der Waals surface area contributed by atoms with Crippen molar-refractivity contribution in [1.82, 2.24) is 9.21 Å². The van der Waals surface area contributed by atoms with E-state index in [9.17, 15) is 22.8 Å². The number of carbonyl (C=O) groups is 3. The third-order valence-electron chi connectivity index (χ3n) is 6.13. The van der Waals surface area contributed by atoms with E-state index in [0.717, 1.165) is 24.1 Å². The predicted molar refractivity (Wildman–Crippen MR) is 125 cm³/mol. The molecule has 180 valence electrons. The number of benzene rings is 2. The number of esters is 1. The van der Waals surface area contributed by atoms with Gasteiger partial charge in [0.1, 0.15) is 0 Å². The Kier molecular flexibility index (Phi) is 6.99. The Labute approximate surface area is 198 Å². The molecule has 0 aromatic heterocycles. The fraction of sp³-hybridized carbons (Fsp3) is 0.375. The average Bonchev–Trinajstić information content (AvgIpc) is 2.86. The van der Waals surface area contributed by atoms with Crippen LogP contribution in [0.2, 0.25) is 0 Å². The highest BCUT2D eigenvalue weighted by atomic mass is 32.2. The smallest absolute Gasteiger partial charge is 0.338 e. The van der Waals surface area contributed by atoms with Crippen molar-refractivity contribution in [1.29, 1.82) is 0 Å². The van der Waals surface area contributed by atoms with Gasteiger partial charge in [-0.25, -0.2) is 13.2 Å². The van der Waals surface area contributed by atoms with Gasteiger partial charge < -0.3 is 14.5 Å². The number of piperazine rings is 1. The molecule has 1 fully saturated rings. The highest BCUT2D eigenvalue weighted by molar-refractivity contribution is 7.89. The van der Waals surface area contributed by atoms with Crippen molar-refractivity contribution in [3.63, 3.8) is 0 Å². The zero-order valence-corrected chi connectivity index (χ0v) is 19.8. The number of amides is 2. The van der Waals surface area contributed by atoms with Crippen molar-refractivity contribution in [2.24, 2.45) is 0 Å². The Hall–Kier alpha value is -3.24. The lowest BCUT2D eigenvalue weighted by atomic mass is 10.0. The van der Waals surface area contributed by atoms with E-state index in [2.05, 4.69) is 0 Å². The minimum absolute atomic E-state index is 0.0329. The summed E-state index contributed by atoms with van der Waals surface area (Å²) in [5, 5.41) is 0. The molecular formula is C24H27N3O6S. The third kappa shape index (κ3) is 4.97. The molecule has 2 aliphatic heterocycles. The fourth-order valence-electron chi connectivity index (χ4n) is 4.26. The second-order valence-corrected chi connectivity index (χ2v) is 10.2. The first-order valence-corrected chi connectivity index (χ1v) is 12.6. The molecule has 10 heteroatoms. The number of nitrogens with zero attached hydrogens (tertiary/aromatic N) is 3. The molecule has 2 aromatic rings. The minimum Gasteiger partial charge on any atom is -0.452 e. The van der Waals surface area contributed by atoms with Crippen LogP contribution in [0.25, 0.3) is 0 Å². The van der Waals surface area contributed by atoms with Gasteiger partial charge in [0.2, 0.25) is 15.9 Å². The van der Waals surface area contributed by atoms with Gasteiger partial charge in [-0.15, -0.1) is 0 Å². The second-order valence-electron chi connectivity index (χ2n) is 8.29. The van der Waals surface area contributed by atoms with Gasteiger partial charge in [-0.05, 0) is 42.7 Å². The highest BCUT2D eigenvalue weighted by Gasteiger charge is 2.30. The predicted octanol–water partition coefficient (Wildman–Crippen LogP) is 1.68. The lowest BCUT2D eigenvalue weighted by molar-refractivity contribution is -0.130. The number of aryl methyl sites for hydroxylation is 1. The maximum atomic E-state index is 13.0. The summed E-state index contributed by atoms with van der Waals surface area (Å²) in [6, 6.07) is 13.2. The first-order chi connectivity index (χ1) is 16.3. The van der Waals surface area contributed by atoms with E-state index in [1.54, 1.807) is 9.80 Å². The molecule has 0 N–H and O–H groups in total. The number of anilines is 1. The summed E-state index contributed by atoms with van der Waals surface area (Å²) in [5.74, 6) is -1.19. The van der Waals surface area contributed by atoms with Crippen LogP contribution in [0, 0.1) is 0 Å². The number of fused-ring (bicyclic) bond motifs is 1. The summed E-state index contributed by atoms with van der Waals surface area (Å²) in [7, 11) is -3.84. The molecule has 0 spiro atoms. The molecule has 0 aliphatic carbocycles. The van der Waals surface area contributed by atoms with E-state index in [1.165, 1.54) is 35.5 Å². The van der Waals surface area contributed by atoms with Crippen LogP contribution in [0.4, 0.5) is 5.69 Å². The lowest BCUT2D eigenvalue weighted by Crippen LogP contribution is -2.49. The van der Waals surface area contributed by atoms with Crippen molar-refractivity contribution >= 4 is 33.5 Å². The van der Waals surface area contributed by atoms with Crippen LogP contribution in [0.15, 0.2) is 53.4 Å². The van der Waals surface area contributed by atoms with Crippen LogP contribution in [0.3, 0.4) is 0 Å². The molecule has 0 saturated carbocycles. The highest BCUT2D eigenvalue weighted by Crippen LogP contribution is 2.27. The number of carbonyl (C=O) groups excluding carboxylic acids is 3. The largest absolute Gasteiger partial charge is 0.452 e. The maximum absolute atomic E-state index is 13.0. The van der Waals surface area contributed by atoms with Crippen LogP contribution >= 0.6 is 0 Å². The van der Waals surface area contributed by atoms with E-state index in [0.29, 0.717) is 19.6 Å². The normalized spacial score (nSPS) is 16.6. The molecule has 0 bridgehead atoms. The number of sulfonamides is 1. The Morgan fingerprint density at radius 3 is 2.41 bits per heavy atom. The number of hydrogen-bond acceptors (Lipinski definition) is 6. The summed E-state index contributed by atoms with van der Waals surface area (Å²) in [5.41, 5.74) is 1.96. The van der Waals surface area contributed by atoms with E-state index >= 15 is 0 Å². The maximum Gasteiger partial charge on any atom is 0.338 e. The number of rotatable bonds is 5. The SMILES string of the molecule is CC(=O)N1CCN(S(=O)(=O)c2cccc(C(=O)OCC(=O)N3CCCc4ccccc43)c2)CC1.